The highest BCUT2D eigenvalue weighted by Crippen LogP contribution is 2.38. The predicted molar refractivity (Wildman–Crippen MR) is 112 cm³/mol. The van der Waals surface area contributed by atoms with E-state index < -0.39 is 0 Å². The minimum Gasteiger partial charge on any atom is -0.493 e. The summed E-state index contributed by atoms with van der Waals surface area (Å²) in [5, 5.41) is 2.89. The number of imide groups is 1. The molecule has 0 spiro atoms. The molecule has 0 aromatic heterocycles. The average molecular weight is 417 g/mol. The van der Waals surface area contributed by atoms with Crippen LogP contribution in [0.5, 0.6) is 11.5 Å². The summed E-state index contributed by atoms with van der Waals surface area (Å²) in [7, 11) is 1.58. The molecule has 7 nitrogen and oxygen atoms in total. The van der Waals surface area contributed by atoms with Gasteiger partial charge in [0.25, 0.3) is 0 Å². The number of fused-ring (bicyclic) bond motifs is 1. The average Bonchev–Trinajstić information content (AvgIpc) is 2.97. The van der Waals surface area contributed by atoms with Crippen LogP contribution >= 0.6 is 0 Å². The van der Waals surface area contributed by atoms with E-state index >= 15 is 0 Å². The topological polar surface area (TPSA) is 84.9 Å². The van der Waals surface area contributed by atoms with Gasteiger partial charge in [0.15, 0.2) is 11.5 Å². The maximum atomic E-state index is 12.6. The van der Waals surface area contributed by atoms with Crippen molar-refractivity contribution in [2.75, 3.05) is 20.3 Å². The normalized spacial score (nSPS) is 22.1. The second-order valence-corrected chi connectivity index (χ2v) is 8.66. The molecule has 3 rings (SSSR count). The van der Waals surface area contributed by atoms with E-state index in [1.165, 1.54) is 0 Å². The van der Waals surface area contributed by atoms with Crippen molar-refractivity contribution in [1.82, 2.24) is 10.2 Å². The molecule has 0 radical (unpaired) electrons. The molecule has 1 aromatic carbocycles. The number of rotatable bonds is 8. The summed E-state index contributed by atoms with van der Waals surface area (Å²) in [4.78, 5) is 38.8. The first-order chi connectivity index (χ1) is 14.3. The number of amides is 3. The molecule has 30 heavy (non-hydrogen) atoms. The van der Waals surface area contributed by atoms with Crippen molar-refractivity contribution in [2.24, 2.45) is 17.8 Å². The summed E-state index contributed by atoms with van der Waals surface area (Å²) in [6, 6.07) is 5.24. The second kappa shape index (κ2) is 9.49. The fourth-order valence-corrected chi connectivity index (χ4v) is 4.23. The van der Waals surface area contributed by atoms with E-state index in [0.29, 0.717) is 24.0 Å². The van der Waals surface area contributed by atoms with E-state index in [-0.39, 0.29) is 42.1 Å². The summed E-state index contributed by atoms with van der Waals surface area (Å²) in [6.45, 7) is 6.37. The van der Waals surface area contributed by atoms with E-state index in [2.05, 4.69) is 19.2 Å². The van der Waals surface area contributed by atoms with Gasteiger partial charge in [-0.3, -0.25) is 19.3 Å². The number of hydrogen-bond acceptors (Lipinski definition) is 5. The third-order valence-electron chi connectivity index (χ3n) is 5.87. The van der Waals surface area contributed by atoms with Crippen molar-refractivity contribution in [1.29, 1.82) is 0 Å². The number of benzene rings is 1. The molecule has 1 aliphatic carbocycles. The summed E-state index contributed by atoms with van der Waals surface area (Å²) in [5.41, 5.74) is 0.852. The Morgan fingerprint density at radius 3 is 2.30 bits per heavy atom. The lowest BCUT2D eigenvalue weighted by Gasteiger charge is -2.19. The molecule has 7 heteroatoms. The van der Waals surface area contributed by atoms with E-state index in [4.69, 9.17) is 9.47 Å². The fraction of sp³-hybridized carbons (Fsp3) is 0.609. The summed E-state index contributed by atoms with van der Waals surface area (Å²) in [5.74, 6) is 0.446. The lowest BCUT2D eigenvalue weighted by Crippen LogP contribution is -2.41. The van der Waals surface area contributed by atoms with Crippen molar-refractivity contribution in [3.63, 3.8) is 0 Å². The Bertz CT molecular complexity index is 783. The van der Waals surface area contributed by atoms with Crippen LogP contribution in [0.1, 0.15) is 58.1 Å². The molecule has 1 aliphatic heterocycles. The Balaban J connectivity index is 1.61. The Hall–Kier alpha value is -2.57. The molecule has 1 saturated carbocycles. The molecule has 2 fully saturated rings. The molecule has 3 atom stereocenters. The van der Waals surface area contributed by atoms with Crippen LogP contribution in [0.3, 0.4) is 0 Å². The first kappa shape index (κ1) is 22.1. The van der Waals surface area contributed by atoms with E-state index in [1.54, 1.807) is 7.11 Å². The summed E-state index contributed by atoms with van der Waals surface area (Å²) in [6.07, 6.45) is 3.43. The van der Waals surface area contributed by atoms with Gasteiger partial charge >= 0.3 is 0 Å². The van der Waals surface area contributed by atoms with Gasteiger partial charge in [0, 0.05) is 0 Å². The minimum atomic E-state index is -0.345. The number of methoxy groups -OCH3 is 1. The minimum absolute atomic E-state index is 0.194. The third kappa shape index (κ3) is 4.77. The van der Waals surface area contributed by atoms with Crippen LogP contribution in [-0.2, 0) is 14.4 Å². The van der Waals surface area contributed by atoms with Gasteiger partial charge in [0.2, 0.25) is 17.7 Å². The number of nitrogens with one attached hydrogen (secondary N) is 1. The number of carbonyl (C=O) groups is 3. The van der Waals surface area contributed by atoms with Crippen LogP contribution in [0, 0.1) is 17.8 Å². The van der Waals surface area contributed by atoms with E-state index in [1.807, 2.05) is 25.1 Å². The largest absolute Gasteiger partial charge is 0.493 e. The van der Waals surface area contributed by atoms with Gasteiger partial charge in [-0.2, -0.15) is 0 Å². The molecule has 3 amide bonds. The number of likely N-dealkylation sites (tertiary alicyclic amines) is 1. The molecule has 1 saturated heterocycles. The van der Waals surface area contributed by atoms with Crippen molar-refractivity contribution in [2.45, 2.75) is 52.5 Å². The molecule has 3 unspecified atom stereocenters. The quantitative estimate of drug-likeness (QED) is 0.659. The number of nitrogens with zero attached hydrogens (tertiary/aromatic N) is 1. The molecule has 2 aliphatic rings. The van der Waals surface area contributed by atoms with Crippen molar-refractivity contribution in [3.8, 4) is 11.5 Å². The van der Waals surface area contributed by atoms with Crippen LogP contribution in [0.25, 0.3) is 0 Å². The number of hydrogen-bond donors (Lipinski definition) is 1. The van der Waals surface area contributed by atoms with Gasteiger partial charge in [-0.25, -0.2) is 0 Å². The van der Waals surface area contributed by atoms with E-state index in [0.717, 1.165) is 36.1 Å². The molecule has 164 valence electrons. The van der Waals surface area contributed by atoms with Crippen LogP contribution < -0.4 is 14.8 Å². The highest BCUT2D eigenvalue weighted by Gasteiger charge is 2.48. The van der Waals surface area contributed by atoms with Crippen LogP contribution in [0.2, 0.25) is 0 Å². The van der Waals surface area contributed by atoms with E-state index in [9.17, 15) is 14.4 Å². The molecule has 1 heterocycles. The van der Waals surface area contributed by atoms with Crippen LogP contribution in [0.15, 0.2) is 18.2 Å². The van der Waals surface area contributed by atoms with Crippen LogP contribution in [-0.4, -0.2) is 42.9 Å². The summed E-state index contributed by atoms with van der Waals surface area (Å²) >= 11 is 0. The molecule has 0 bridgehead atoms. The zero-order valence-electron chi connectivity index (χ0n) is 18.3. The lowest BCUT2D eigenvalue weighted by atomic mass is 9.81. The Morgan fingerprint density at radius 1 is 1.10 bits per heavy atom. The smallest absolute Gasteiger partial charge is 0.240 e. The van der Waals surface area contributed by atoms with Gasteiger partial charge in [-0.1, -0.05) is 32.8 Å². The first-order valence-corrected chi connectivity index (χ1v) is 10.8. The first-order valence-electron chi connectivity index (χ1n) is 10.8. The zero-order chi connectivity index (χ0) is 21.8. The molecular formula is C23H32N2O5. The Kier molecular flexibility index (Phi) is 7.00. The van der Waals surface area contributed by atoms with Gasteiger partial charge in [0.05, 0.1) is 31.6 Å². The Labute approximate surface area is 178 Å². The monoisotopic (exact) mass is 416 g/mol. The highest BCUT2D eigenvalue weighted by molar-refractivity contribution is 6.07. The molecular weight excluding hydrogens is 384 g/mol. The fourth-order valence-electron chi connectivity index (χ4n) is 4.23. The second-order valence-electron chi connectivity index (χ2n) is 8.66. The summed E-state index contributed by atoms with van der Waals surface area (Å²) < 4.78 is 11.2. The highest BCUT2D eigenvalue weighted by atomic mass is 16.5. The number of carbonyl (C=O) groups excluding carboxylic acids is 3. The van der Waals surface area contributed by atoms with Gasteiger partial charge in [-0.15, -0.1) is 0 Å². The van der Waals surface area contributed by atoms with Gasteiger partial charge in [0.1, 0.15) is 6.54 Å². The van der Waals surface area contributed by atoms with Crippen LogP contribution in [0.4, 0.5) is 0 Å². The van der Waals surface area contributed by atoms with Crippen molar-refractivity contribution >= 4 is 17.7 Å². The molecule has 1 aromatic rings. The Morgan fingerprint density at radius 2 is 1.73 bits per heavy atom. The zero-order valence-corrected chi connectivity index (χ0v) is 18.3. The van der Waals surface area contributed by atoms with Gasteiger partial charge in [-0.05, 0) is 43.4 Å². The van der Waals surface area contributed by atoms with Crippen molar-refractivity contribution in [3.05, 3.63) is 23.8 Å². The lowest BCUT2D eigenvalue weighted by molar-refractivity contribution is -0.143. The SMILES string of the molecule is COc1cc(C(C)NC(=O)CN2C(=O)C3CCCCC3C2=O)ccc1OCC(C)C. The van der Waals surface area contributed by atoms with Crippen molar-refractivity contribution < 1.29 is 23.9 Å². The standard InChI is InChI=1S/C23H32N2O5/c1-14(2)13-30-19-10-9-16(11-20(19)29-4)15(3)24-21(26)12-25-22(27)17-7-5-6-8-18(17)23(25)28/h9-11,14-15,17-18H,5-8,12-13H2,1-4H3,(H,24,26). The number of ether oxygens (including phenoxy) is 2. The molecule has 1 N–H and O–H groups in total. The third-order valence-corrected chi connectivity index (χ3v) is 5.87. The van der Waals surface area contributed by atoms with Gasteiger partial charge < -0.3 is 14.8 Å². The maximum absolute atomic E-state index is 12.6. The maximum Gasteiger partial charge on any atom is 0.240 e. The predicted octanol–water partition coefficient (Wildman–Crippen LogP) is 3.08.